The summed E-state index contributed by atoms with van der Waals surface area (Å²) >= 11 is 0. The zero-order valence-corrected chi connectivity index (χ0v) is 12.5. The molecule has 1 saturated heterocycles. The lowest BCUT2D eigenvalue weighted by Crippen LogP contribution is -2.40. The highest BCUT2D eigenvalue weighted by Crippen LogP contribution is 2.65. The number of likely N-dealkylation sites (tertiary alicyclic amines) is 1. The SMILES string of the molecule is O=C1[C@@H]2[C@H]3C=C[C@@H]([C@@H]4C[C@H]34)[C@H]2C(=O)N1CNc1ccc(F)cc1. The predicted octanol–water partition coefficient (Wildman–Crippen LogP) is 2.25. The van der Waals surface area contributed by atoms with Gasteiger partial charge >= 0.3 is 0 Å². The van der Waals surface area contributed by atoms with Crippen LogP contribution in [0.25, 0.3) is 0 Å². The number of carbonyl (C=O) groups excluding carboxylic acids is 2. The molecular formula is C18H17FN2O2. The Morgan fingerprint density at radius 3 is 2.13 bits per heavy atom. The summed E-state index contributed by atoms with van der Waals surface area (Å²) in [6.45, 7) is 0.158. The minimum absolute atomic E-state index is 0.0423. The van der Waals surface area contributed by atoms with E-state index in [2.05, 4.69) is 17.5 Å². The molecule has 1 N–H and O–H groups in total. The van der Waals surface area contributed by atoms with Crippen molar-refractivity contribution in [2.45, 2.75) is 6.42 Å². The Hall–Kier alpha value is -2.17. The Morgan fingerprint density at radius 2 is 1.57 bits per heavy atom. The number of amides is 2. The summed E-state index contributed by atoms with van der Waals surface area (Å²) in [4.78, 5) is 26.9. The van der Waals surface area contributed by atoms with Crippen LogP contribution >= 0.6 is 0 Å². The summed E-state index contributed by atoms with van der Waals surface area (Å²) in [5.41, 5.74) is 0.700. The number of imide groups is 1. The largest absolute Gasteiger partial charge is 0.367 e. The Kier molecular flexibility index (Phi) is 2.56. The number of benzene rings is 1. The van der Waals surface area contributed by atoms with Crippen LogP contribution in [0, 0.1) is 41.3 Å². The molecule has 0 spiro atoms. The van der Waals surface area contributed by atoms with Crippen LogP contribution in [0.3, 0.4) is 0 Å². The molecule has 1 aromatic carbocycles. The van der Waals surface area contributed by atoms with Gasteiger partial charge in [0.1, 0.15) is 5.82 Å². The van der Waals surface area contributed by atoms with Crippen LogP contribution in [0.1, 0.15) is 6.42 Å². The molecule has 4 nitrogen and oxygen atoms in total. The maximum Gasteiger partial charge on any atom is 0.235 e. The molecule has 4 aliphatic carbocycles. The molecule has 118 valence electrons. The third-order valence-electron chi connectivity index (χ3n) is 6.04. The Bertz CT molecular complexity index is 693. The molecule has 0 radical (unpaired) electrons. The second kappa shape index (κ2) is 4.43. The van der Waals surface area contributed by atoms with Crippen LogP contribution in [-0.4, -0.2) is 23.4 Å². The number of halogens is 1. The van der Waals surface area contributed by atoms with Crippen molar-refractivity contribution in [3.05, 3.63) is 42.2 Å². The van der Waals surface area contributed by atoms with Gasteiger partial charge in [0, 0.05) is 5.69 Å². The highest BCUT2D eigenvalue weighted by Gasteiger charge is 2.66. The van der Waals surface area contributed by atoms with Crippen LogP contribution in [0.5, 0.6) is 0 Å². The van der Waals surface area contributed by atoms with Crippen LogP contribution in [0.15, 0.2) is 36.4 Å². The Morgan fingerprint density at radius 1 is 1.00 bits per heavy atom. The molecule has 23 heavy (non-hydrogen) atoms. The van der Waals surface area contributed by atoms with E-state index in [9.17, 15) is 14.0 Å². The van der Waals surface area contributed by atoms with Crippen molar-refractivity contribution in [2.24, 2.45) is 35.5 Å². The topological polar surface area (TPSA) is 49.4 Å². The lowest BCUT2D eigenvalue weighted by molar-refractivity contribution is -0.139. The molecule has 5 aliphatic rings. The molecule has 6 atom stereocenters. The molecule has 2 amide bonds. The second-order valence-corrected chi connectivity index (χ2v) is 7.10. The van der Waals surface area contributed by atoms with Crippen molar-refractivity contribution in [1.82, 2.24) is 4.90 Å². The summed E-state index contributed by atoms with van der Waals surface area (Å²) in [6.07, 6.45) is 5.51. The number of hydrogen-bond acceptors (Lipinski definition) is 3. The van der Waals surface area contributed by atoms with Crippen molar-refractivity contribution >= 4 is 17.5 Å². The molecule has 0 aromatic heterocycles. The summed E-state index contributed by atoms with van der Waals surface area (Å²) < 4.78 is 12.9. The maximum atomic E-state index is 12.9. The average molecular weight is 312 g/mol. The standard InChI is InChI=1S/C18H17FN2O2/c19-9-1-3-10(4-2-9)20-8-21-17(22)15-11-5-6-12(14-7-13(11)14)16(15)18(21)23/h1-6,11-16,20H,7-8H2/t11-,12-,13-,14+,15+,16+/m0/s1. The van der Waals surface area contributed by atoms with E-state index in [1.165, 1.54) is 23.5 Å². The first-order valence-corrected chi connectivity index (χ1v) is 8.18. The third kappa shape index (κ3) is 1.76. The van der Waals surface area contributed by atoms with Gasteiger partial charge in [-0.25, -0.2) is 4.39 Å². The number of hydrogen-bond donors (Lipinski definition) is 1. The number of allylic oxidation sites excluding steroid dienone is 2. The normalized spacial score (nSPS) is 39.4. The van der Waals surface area contributed by atoms with E-state index >= 15 is 0 Å². The predicted molar refractivity (Wildman–Crippen MR) is 81.4 cm³/mol. The zero-order chi connectivity index (χ0) is 15.7. The molecule has 1 aliphatic heterocycles. The van der Waals surface area contributed by atoms with Crippen molar-refractivity contribution in [3.63, 3.8) is 0 Å². The Labute approximate surface area is 133 Å². The first-order valence-electron chi connectivity index (χ1n) is 8.18. The summed E-state index contributed by atoms with van der Waals surface area (Å²) in [6, 6.07) is 5.92. The van der Waals surface area contributed by atoms with E-state index < -0.39 is 0 Å². The van der Waals surface area contributed by atoms with E-state index in [-0.39, 0.29) is 48.0 Å². The van der Waals surface area contributed by atoms with Gasteiger partial charge < -0.3 is 5.32 Å². The van der Waals surface area contributed by atoms with Gasteiger partial charge in [-0.05, 0) is 54.4 Å². The molecule has 6 rings (SSSR count). The first-order chi connectivity index (χ1) is 11.1. The fourth-order valence-electron chi connectivity index (χ4n) is 4.91. The van der Waals surface area contributed by atoms with Gasteiger partial charge in [-0.1, -0.05) is 12.2 Å². The molecule has 2 saturated carbocycles. The third-order valence-corrected chi connectivity index (χ3v) is 6.04. The molecule has 2 bridgehead atoms. The molecule has 3 fully saturated rings. The molecule has 0 unspecified atom stereocenters. The van der Waals surface area contributed by atoms with Crippen LogP contribution in [-0.2, 0) is 9.59 Å². The fourth-order valence-corrected chi connectivity index (χ4v) is 4.91. The van der Waals surface area contributed by atoms with Crippen LogP contribution in [0.4, 0.5) is 10.1 Å². The minimum atomic E-state index is -0.309. The number of anilines is 1. The fraction of sp³-hybridized carbons (Fsp3) is 0.444. The summed E-state index contributed by atoms with van der Waals surface area (Å²) in [5.74, 6) is 1.04. The van der Waals surface area contributed by atoms with Crippen molar-refractivity contribution in [3.8, 4) is 0 Å². The van der Waals surface area contributed by atoms with Gasteiger partial charge in [0.15, 0.2) is 0 Å². The van der Waals surface area contributed by atoms with Gasteiger partial charge in [0.25, 0.3) is 0 Å². The van der Waals surface area contributed by atoms with Crippen LogP contribution in [0.2, 0.25) is 0 Å². The van der Waals surface area contributed by atoms with Crippen molar-refractivity contribution in [2.75, 3.05) is 12.0 Å². The maximum absolute atomic E-state index is 12.9. The first kappa shape index (κ1) is 13.3. The van der Waals surface area contributed by atoms with E-state index in [1.807, 2.05) is 0 Å². The molecular weight excluding hydrogens is 295 g/mol. The second-order valence-electron chi connectivity index (χ2n) is 7.10. The van der Waals surface area contributed by atoms with E-state index in [0.717, 1.165) is 0 Å². The van der Waals surface area contributed by atoms with Crippen molar-refractivity contribution in [1.29, 1.82) is 0 Å². The van der Waals surface area contributed by atoms with Crippen LogP contribution < -0.4 is 5.32 Å². The van der Waals surface area contributed by atoms with Gasteiger partial charge in [-0.2, -0.15) is 0 Å². The Balaban J connectivity index is 1.36. The molecule has 1 aromatic rings. The van der Waals surface area contributed by atoms with Gasteiger partial charge in [0.2, 0.25) is 11.8 Å². The number of rotatable bonds is 3. The number of nitrogens with zero attached hydrogens (tertiary/aromatic N) is 1. The minimum Gasteiger partial charge on any atom is -0.367 e. The van der Waals surface area contributed by atoms with Gasteiger partial charge in [-0.15, -0.1) is 0 Å². The highest BCUT2D eigenvalue weighted by atomic mass is 19.1. The lowest BCUT2D eigenvalue weighted by atomic mass is 9.63. The van der Waals surface area contributed by atoms with E-state index in [0.29, 0.717) is 17.5 Å². The zero-order valence-electron chi connectivity index (χ0n) is 12.5. The number of carbonyl (C=O) groups is 2. The molecule has 5 heteroatoms. The summed E-state index contributed by atoms with van der Waals surface area (Å²) in [5, 5.41) is 3.05. The average Bonchev–Trinajstić information content (AvgIpc) is 3.33. The van der Waals surface area contributed by atoms with E-state index in [4.69, 9.17) is 0 Å². The smallest absolute Gasteiger partial charge is 0.235 e. The summed E-state index contributed by atoms with van der Waals surface area (Å²) in [7, 11) is 0. The quantitative estimate of drug-likeness (QED) is 0.688. The van der Waals surface area contributed by atoms with Crippen molar-refractivity contribution < 1.29 is 14.0 Å². The highest BCUT2D eigenvalue weighted by molar-refractivity contribution is 6.06. The number of nitrogens with one attached hydrogen (secondary N) is 1. The van der Waals surface area contributed by atoms with Gasteiger partial charge in [-0.3, -0.25) is 14.5 Å². The molecule has 1 heterocycles. The monoisotopic (exact) mass is 312 g/mol. The van der Waals surface area contributed by atoms with Gasteiger partial charge in [0.05, 0.1) is 18.5 Å². The van der Waals surface area contributed by atoms with E-state index in [1.54, 1.807) is 12.1 Å². The lowest BCUT2D eigenvalue weighted by Gasteiger charge is -2.37.